The van der Waals surface area contributed by atoms with Gasteiger partial charge in [-0.15, -0.1) is 11.3 Å². The number of aromatic nitrogens is 1. The van der Waals surface area contributed by atoms with E-state index in [1.54, 1.807) is 6.92 Å². The van der Waals surface area contributed by atoms with Crippen molar-refractivity contribution in [3.8, 4) is 0 Å². The Hall–Kier alpha value is -1.63. The van der Waals surface area contributed by atoms with Crippen LogP contribution in [0, 0.1) is 0 Å². The molecule has 0 unspecified atom stereocenters. The van der Waals surface area contributed by atoms with Crippen LogP contribution < -0.4 is 11.1 Å². The second-order valence-corrected chi connectivity index (χ2v) is 4.83. The van der Waals surface area contributed by atoms with Crippen LogP contribution in [-0.4, -0.2) is 30.0 Å². The number of hydrogen-bond acceptors (Lipinski definition) is 6. The summed E-state index contributed by atoms with van der Waals surface area (Å²) in [7, 11) is 0. The van der Waals surface area contributed by atoms with Crippen molar-refractivity contribution in [2.45, 2.75) is 32.6 Å². The third-order valence-electron chi connectivity index (χ3n) is 2.31. The quantitative estimate of drug-likeness (QED) is 0.527. The molecule has 1 heterocycles. The predicted molar refractivity (Wildman–Crippen MR) is 74.0 cm³/mol. The van der Waals surface area contributed by atoms with Crippen LogP contribution in [0.15, 0.2) is 5.38 Å². The van der Waals surface area contributed by atoms with Crippen LogP contribution in [0.5, 0.6) is 0 Å². The van der Waals surface area contributed by atoms with Gasteiger partial charge in [0.2, 0.25) is 5.91 Å². The van der Waals surface area contributed by atoms with Gasteiger partial charge in [-0.05, 0) is 19.8 Å². The molecule has 7 heteroatoms. The molecule has 0 saturated carbocycles. The predicted octanol–water partition coefficient (Wildman–Crippen LogP) is 1.32. The molecular weight excluding hydrogens is 266 g/mol. The summed E-state index contributed by atoms with van der Waals surface area (Å²) in [6, 6.07) is 0. The molecule has 0 spiro atoms. The first-order valence-electron chi connectivity index (χ1n) is 6.24. The lowest BCUT2D eigenvalue weighted by Crippen LogP contribution is -2.11. The summed E-state index contributed by atoms with van der Waals surface area (Å²) in [4.78, 5) is 26.1. The molecule has 1 aromatic heterocycles. The zero-order chi connectivity index (χ0) is 14.1. The molecule has 0 aromatic carbocycles. The molecule has 0 fully saturated rings. The maximum absolute atomic E-state index is 11.3. The van der Waals surface area contributed by atoms with Crippen molar-refractivity contribution in [1.29, 1.82) is 0 Å². The average Bonchev–Trinajstić information content (AvgIpc) is 2.76. The van der Waals surface area contributed by atoms with E-state index in [9.17, 15) is 9.59 Å². The lowest BCUT2D eigenvalue weighted by Gasteiger charge is -2.01. The molecular formula is C12H19N3O3S. The van der Waals surface area contributed by atoms with Crippen molar-refractivity contribution in [3.63, 3.8) is 0 Å². The molecule has 1 rings (SSSR count). The molecule has 0 aliphatic rings. The lowest BCUT2D eigenvalue weighted by molar-refractivity contribution is -0.142. The summed E-state index contributed by atoms with van der Waals surface area (Å²) in [6.45, 7) is 2.89. The number of amides is 1. The van der Waals surface area contributed by atoms with Gasteiger partial charge in [0, 0.05) is 18.3 Å². The number of nitrogens with zero attached hydrogens (tertiary/aromatic N) is 1. The zero-order valence-electron chi connectivity index (χ0n) is 11.0. The Morgan fingerprint density at radius 3 is 2.95 bits per heavy atom. The van der Waals surface area contributed by atoms with Crippen LogP contribution in [0.3, 0.4) is 0 Å². The number of carbonyl (C=O) groups excluding carboxylic acids is 2. The van der Waals surface area contributed by atoms with Gasteiger partial charge in [0.1, 0.15) is 0 Å². The summed E-state index contributed by atoms with van der Waals surface area (Å²) < 4.78 is 4.85. The topological polar surface area (TPSA) is 94.3 Å². The minimum absolute atomic E-state index is 0.202. The SMILES string of the molecule is CCOC(=O)Cc1csc(NCCCCC(N)=O)n1. The monoisotopic (exact) mass is 285 g/mol. The van der Waals surface area contributed by atoms with Gasteiger partial charge in [-0.25, -0.2) is 4.98 Å². The molecule has 0 bridgehead atoms. The molecule has 0 atom stereocenters. The number of primary amides is 1. The van der Waals surface area contributed by atoms with E-state index in [0.717, 1.165) is 24.5 Å². The Labute approximate surface area is 116 Å². The Kier molecular flexibility index (Phi) is 6.88. The summed E-state index contributed by atoms with van der Waals surface area (Å²) in [5.74, 6) is -0.535. The van der Waals surface area contributed by atoms with Crippen molar-refractivity contribution in [1.82, 2.24) is 4.98 Å². The number of thiazole rings is 1. The van der Waals surface area contributed by atoms with Crippen LogP contribution in [-0.2, 0) is 20.7 Å². The first-order valence-corrected chi connectivity index (χ1v) is 7.12. The number of nitrogens with one attached hydrogen (secondary N) is 1. The fraction of sp³-hybridized carbons (Fsp3) is 0.583. The van der Waals surface area contributed by atoms with E-state index in [1.165, 1.54) is 11.3 Å². The van der Waals surface area contributed by atoms with Crippen molar-refractivity contribution in [2.75, 3.05) is 18.5 Å². The minimum atomic E-state index is -0.272. The molecule has 1 aromatic rings. The fourth-order valence-electron chi connectivity index (χ4n) is 1.45. The van der Waals surface area contributed by atoms with E-state index in [2.05, 4.69) is 10.3 Å². The van der Waals surface area contributed by atoms with Crippen LogP contribution >= 0.6 is 11.3 Å². The number of hydrogen-bond donors (Lipinski definition) is 2. The van der Waals surface area contributed by atoms with Crippen molar-refractivity contribution in [2.24, 2.45) is 5.73 Å². The van der Waals surface area contributed by atoms with Crippen molar-refractivity contribution in [3.05, 3.63) is 11.1 Å². The normalized spacial score (nSPS) is 10.2. The third-order valence-corrected chi connectivity index (χ3v) is 3.16. The summed E-state index contributed by atoms with van der Waals surface area (Å²) in [6.07, 6.45) is 2.24. The number of anilines is 1. The number of unbranched alkanes of at least 4 members (excludes halogenated alkanes) is 1. The number of esters is 1. The van der Waals surface area contributed by atoms with Gasteiger partial charge in [-0.1, -0.05) is 0 Å². The smallest absolute Gasteiger partial charge is 0.311 e. The average molecular weight is 285 g/mol. The number of nitrogens with two attached hydrogens (primary N) is 1. The van der Waals surface area contributed by atoms with E-state index >= 15 is 0 Å². The Morgan fingerprint density at radius 1 is 1.47 bits per heavy atom. The lowest BCUT2D eigenvalue weighted by atomic mass is 10.2. The molecule has 3 N–H and O–H groups in total. The van der Waals surface area contributed by atoms with Crippen molar-refractivity contribution < 1.29 is 14.3 Å². The van der Waals surface area contributed by atoms with Crippen molar-refractivity contribution >= 4 is 28.3 Å². The maximum atomic E-state index is 11.3. The van der Waals surface area contributed by atoms with Gasteiger partial charge < -0.3 is 15.8 Å². The highest BCUT2D eigenvalue weighted by Crippen LogP contribution is 2.16. The first kappa shape index (κ1) is 15.4. The van der Waals surface area contributed by atoms with E-state index in [-0.39, 0.29) is 18.3 Å². The standard InChI is InChI=1S/C12H19N3O3S/c1-2-18-11(17)7-9-8-19-12(15-9)14-6-4-3-5-10(13)16/h8H,2-7H2,1H3,(H2,13,16)(H,14,15). The van der Waals surface area contributed by atoms with E-state index in [0.29, 0.717) is 18.7 Å². The van der Waals surface area contributed by atoms with E-state index in [1.807, 2.05) is 5.38 Å². The van der Waals surface area contributed by atoms with Gasteiger partial charge in [0.05, 0.1) is 18.7 Å². The number of ether oxygens (including phenoxy) is 1. The van der Waals surface area contributed by atoms with Crippen LogP contribution in [0.1, 0.15) is 31.9 Å². The maximum Gasteiger partial charge on any atom is 0.311 e. The van der Waals surface area contributed by atoms with Gasteiger partial charge in [-0.2, -0.15) is 0 Å². The van der Waals surface area contributed by atoms with Gasteiger partial charge in [0.25, 0.3) is 0 Å². The molecule has 0 saturated heterocycles. The Balaban J connectivity index is 2.23. The highest BCUT2D eigenvalue weighted by molar-refractivity contribution is 7.13. The summed E-state index contributed by atoms with van der Waals surface area (Å²) in [5.41, 5.74) is 5.76. The number of rotatable bonds is 9. The molecule has 0 radical (unpaired) electrons. The van der Waals surface area contributed by atoms with E-state index < -0.39 is 0 Å². The molecule has 106 valence electrons. The van der Waals surface area contributed by atoms with Gasteiger partial charge in [-0.3, -0.25) is 9.59 Å². The van der Waals surface area contributed by atoms with E-state index in [4.69, 9.17) is 10.5 Å². The van der Waals surface area contributed by atoms with Gasteiger partial charge in [0.15, 0.2) is 5.13 Å². The van der Waals surface area contributed by atoms with Crippen LogP contribution in [0.4, 0.5) is 5.13 Å². The summed E-state index contributed by atoms with van der Waals surface area (Å²) >= 11 is 1.45. The minimum Gasteiger partial charge on any atom is -0.466 e. The summed E-state index contributed by atoms with van der Waals surface area (Å²) in [5, 5.41) is 5.76. The van der Waals surface area contributed by atoms with Crippen LogP contribution in [0.25, 0.3) is 0 Å². The van der Waals surface area contributed by atoms with Gasteiger partial charge >= 0.3 is 5.97 Å². The van der Waals surface area contributed by atoms with Crippen LogP contribution in [0.2, 0.25) is 0 Å². The fourth-order valence-corrected chi connectivity index (χ4v) is 2.19. The molecule has 19 heavy (non-hydrogen) atoms. The first-order chi connectivity index (χ1) is 9.11. The molecule has 0 aliphatic heterocycles. The molecule has 1 amide bonds. The number of carbonyl (C=O) groups is 2. The second kappa shape index (κ2) is 8.47. The highest BCUT2D eigenvalue weighted by atomic mass is 32.1. The highest BCUT2D eigenvalue weighted by Gasteiger charge is 2.07. The third kappa shape index (κ3) is 6.76. The largest absolute Gasteiger partial charge is 0.466 e. The zero-order valence-corrected chi connectivity index (χ0v) is 11.8. The molecule has 0 aliphatic carbocycles. The molecule has 6 nitrogen and oxygen atoms in total. The Bertz CT molecular complexity index is 420. The Morgan fingerprint density at radius 2 is 2.26 bits per heavy atom. The second-order valence-electron chi connectivity index (χ2n) is 3.98.